The van der Waals surface area contributed by atoms with Crippen LogP contribution in [0, 0.1) is 0 Å². The first-order valence-corrected chi connectivity index (χ1v) is 5.59. The zero-order chi connectivity index (χ0) is 11.9. The van der Waals surface area contributed by atoms with Crippen LogP contribution >= 0.6 is 0 Å². The average molecular weight is 220 g/mol. The molecule has 0 radical (unpaired) electrons. The summed E-state index contributed by atoms with van der Waals surface area (Å²) < 4.78 is 5.51. The Morgan fingerprint density at radius 1 is 1.38 bits per heavy atom. The minimum atomic E-state index is -0.696. The molecule has 0 aliphatic heterocycles. The predicted molar refractivity (Wildman–Crippen MR) is 66.2 cm³/mol. The standard InChI is InChI=1S/C14H20O2/c1-3-9-14(2,15)10-11-16-12-13-7-5-4-6-8-13/h3-8,15H,1,9-12H2,2H3. The molecule has 0 saturated carbocycles. The number of rotatable bonds is 7. The zero-order valence-corrected chi connectivity index (χ0v) is 9.86. The van der Waals surface area contributed by atoms with Gasteiger partial charge in [-0.25, -0.2) is 0 Å². The van der Waals surface area contributed by atoms with Crippen LogP contribution in [0.3, 0.4) is 0 Å². The number of benzene rings is 1. The Balaban J connectivity index is 2.19. The first kappa shape index (κ1) is 12.9. The van der Waals surface area contributed by atoms with Crippen molar-refractivity contribution in [3.8, 4) is 0 Å². The van der Waals surface area contributed by atoms with Gasteiger partial charge in [-0.1, -0.05) is 36.4 Å². The largest absolute Gasteiger partial charge is 0.390 e. The van der Waals surface area contributed by atoms with Gasteiger partial charge in [0.25, 0.3) is 0 Å². The van der Waals surface area contributed by atoms with E-state index in [9.17, 15) is 5.11 Å². The number of aliphatic hydroxyl groups is 1. The van der Waals surface area contributed by atoms with Crippen molar-refractivity contribution in [2.75, 3.05) is 6.61 Å². The molecule has 0 fully saturated rings. The fourth-order valence-corrected chi connectivity index (χ4v) is 1.47. The van der Waals surface area contributed by atoms with Crippen LogP contribution in [0.5, 0.6) is 0 Å². The molecule has 0 aliphatic carbocycles. The average Bonchev–Trinajstić information content (AvgIpc) is 2.26. The Labute approximate surface area is 97.6 Å². The Hall–Kier alpha value is -1.12. The van der Waals surface area contributed by atoms with Crippen molar-refractivity contribution < 1.29 is 9.84 Å². The van der Waals surface area contributed by atoms with Gasteiger partial charge in [-0.3, -0.25) is 0 Å². The Kier molecular flexibility index (Phi) is 5.23. The van der Waals surface area contributed by atoms with Gasteiger partial charge in [0.05, 0.1) is 12.2 Å². The van der Waals surface area contributed by atoms with Crippen LogP contribution in [0.1, 0.15) is 25.3 Å². The highest BCUT2D eigenvalue weighted by atomic mass is 16.5. The summed E-state index contributed by atoms with van der Waals surface area (Å²) in [6.07, 6.45) is 2.96. The fraction of sp³-hybridized carbons (Fsp3) is 0.429. The molecule has 2 nitrogen and oxygen atoms in total. The van der Waals surface area contributed by atoms with Crippen molar-refractivity contribution >= 4 is 0 Å². The van der Waals surface area contributed by atoms with Gasteiger partial charge in [0.1, 0.15) is 0 Å². The van der Waals surface area contributed by atoms with Crippen LogP contribution in [0.2, 0.25) is 0 Å². The Morgan fingerprint density at radius 2 is 2.06 bits per heavy atom. The normalized spacial score (nSPS) is 14.4. The molecule has 1 atom stereocenters. The maximum Gasteiger partial charge on any atom is 0.0716 e. The minimum absolute atomic E-state index is 0.565. The van der Waals surface area contributed by atoms with Gasteiger partial charge >= 0.3 is 0 Å². The van der Waals surface area contributed by atoms with Gasteiger partial charge in [-0.05, 0) is 25.3 Å². The summed E-state index contributed by atoms with van der Waals surface area (Å²) in [4.78, 5) is 0. The molecule has 16 heavy (non-hydrogen) atoms. The molecular formula is C14H20O2. The van der Waals surface area contributed by atoms with Gasteiger partial charge in [-0.2, -0.15) is 0 Å². The van der Waals surface area contributed by atoms with E-state index in [0.29, 0.717) is 26.1 Å². The lowest BCUT2D eigenvalue weighted by Gasteiger charge is -2.21. The second-order valence-corrected chi connectivity index (χ2v) is 4.28. The third-order valence-electron chi connectivity index (χ3n) is 2.48. The van der Waals surface area contributed by atoms with Gasteiger partial charge in [0, 0.05) is 6.61 Å². The molecule has 0 saturated heterocycles. The summed E-state index contributed by atoms with van der Waals surface area (Å²) in [5.41, 5.74) is 0.462. The highest BCUT2D eigenvalue weighted by Gasteiger charge is 2.17. The van der Waals surface area contributed by atoms with E-state index in [4.69, 9.17) is 4.74 Å². The molecule has 2 heteroatoms. The van der Waals surface area contributed by atoms with E-state index in [1.807, 2.05) is 30.3 Å². The quantitative estimate of drug-likeness (QED) is 0.565. The summed E-state index contributed by atoms with van der Waals surface area (Å²) in [6, 6.07) is 10.0. The molecule has 0 amide bonds. The molecule has 0 spiro atoms. The minimum Gasteiger partial charge on any atom is -0.390 e. The van der Waals surface area contributed by atoms with Crippen LogP contribution in [0.4, 0.5) is 0 Å². The first-order valence-electron chi connectivity index (χ1n) is 5.59. The molecular weight excluding hydrogens is 200 g/mol. The lowest BCUT2D eigenvalue weighted by atomic mass is 9.99. The number of hydrogen-bond acceptors (Lipinski definition) is 2. The summed E-state index contributed by atoms with van der Waals surface area (Å²) in [7, 11) is 0. The second-order valence-electron chi connectivity index (χ2n) is 4.28. The van der Waals surface area contributed by atoms with E-state index < -0.39 is 5.60 Å². The maximum absolute atomic E-state index is 9.86. The molecule has 0 aromatic heterocycles. The van der Waals surface area contributed by atoms with Crippen LogP contribution in [-0.4, -0.2) is 17.3 Å². The SMILES string of the molecule is C=CCC(C)(O)CCOCc1ccccc1. The lowest BCUT2D eigenvalue weighted by Crippen LogP contribution is -2.25. The van der Waals surface area contributed by atoms with Gasteiger partial charge in [0.15, 0.2) is 0 Å². The highest BCUT2D eigenvalue weighted by molar-refractivity contribution is 5.13. The highest BCUT2D eigenvalue weighted by Crippen LogP contribution is 2.14. The molecule has 1 rings (SSSR count). The summed E-state index contributed by atoms with van der Waals surface area (Å²) in [5.74, 6) is 0. The topological polar surface area (TPSA) is 29.5 Å². The van der Waals surface area contributed by atoms with Gasteiger partial charge in [0.2, 0.25) is 0 Å². The summed E-state index contributed by atoms with van der Waals surface area (Å²) >= 11 is 0. The predicted octanol–water partition coefficient (Wildman–Crippen LogP) is 2.92. The van der Waals surface area contributed by atoms with E-state index in [2.05, 4.69) is 6.58 Å². The molecule has 1 unspecified atom stereocenters. The number of hydrogen-bond donors (Lipinski definition) is 1. The molecule has 1 aromatic rings. The van der Waals surface area contributed by atoms with E-state index in [1.165, 1.54) is 0 Å². The maximum atomic E-state index is 9.86. The summed E-state index contributed by atoms with van der Waals surface area (Å²) in [6.45, 7) is 6.59. The van der Waals surface area contributed by atoms with Crippen LogP contribution in [-0.2, 0) is 11.3 Å². The Bertz CT molecular complexity index is 304. The van der Waals surface area contributed by atoms with Crippen molar-refractivity contribution in [2.24, 2.45) is 0 Å². The van der Waals surface area contributed by atoms with Gasteiger partial charge < -0.3 is 9.84 Å². The van der Waals surface area contributed by atoms with Crippen LogP contribution in [0.25, 0.3) is 0 Å². The van der Waals surface area contributed by atoms with E-state index in [0.717, 1.165) is 5.56 Å². The van der Waals surface area contributed by atoms with Gasteiger partial charge in [-0.15, -0.1) is 6.58 Å². The monoisotopic (exact) mass is 220 g/mol. The smallest absolute Gasteiger partial charge is 0.0716 e. The van der Waals surface area contributed by atoms with E-state index in [-0.39, 0.29) is 0 Å². The summed E-state index contributed by atoms with van der Waals surface area (Å²) in [5, 5.41) is 9.86. The fourth-order valence-electron chi connectivity index (χ4n) is 1.47. The molecule has 0 heterocycles. The van der Waals surface area contributed by atoms with Crippen molar-refractivity contribution in [3.05, 3.63) is 48.6 Å². The third kappa shape index (κ3) is 5.10. The lowest BCUT2D eigenvalue weighted by molar-refractivity contribution is 0.0125. The van der Waals surface area contributed by atoms with Crippen molar-refractivity contribution in [2.45, 2.75) is 32.0 Å². The van der Waals surface area contributed by atoms with E-state index in [1.54, 1.807) is 13.0 Å². The first-order chi connectivity index (χ1) is 7.64. The molecule has 1 aromatic carbocycles. The van der Waals surface area contributed by atoms with E-state index >= 15 is 0 Å². The molecule has 88 valence electrons. The Morgan fingerprint density at radius 3 is 2.69 bits per heavy atom. The van der Waals surface area contributed by atoms with Crippen molar-refractivity contribution in [1.82, 2.24) is 0 Å². The third-order valence-corrected chi connectivity index (χ3v) is 2.48. The number of ether oxygens (including phenoxy) is 1. The second kappa shape index (κ2) is 6.46. The van der Waals surface area contributed by atoms with Crippen LogP contribution in [0.15, 0.2) is 43.0 Å². The molecule has 0 bridgehead atoms. The zero-order valence-electron chi connectivity index (χ0n) is 9.86. The van der Waals surface area contributed by atoms with Crippen LogP contribution < -0.4 is 0 Å². The van der Waals surface area contributed by atoms with Crippen molar-refractivity contribution in [3.63, 3.8) is 0 Å². The molecule has 1 N–H and O–H groups in total. The molecule has 0 aliphatic rings. The van der Waals surface area contributed by atoms with Crippen molar-refractivity contribution in [1.29, 1.82) is 0 Å².